The first-order chi connectivity index (χ1) is 30.5. The zero-order chi connectivity index (χ0) is 43.6. The highest BCUT2D eigenvalue weighted by Crippen LogP contribution is 2.49. The largest absolute Gasteiger partial charge is 0.508 e. The summed E-state index contributed by atoms with van der Waals surface area (Å²) in [5.41, 5.74) is 10.9. The summed E-state index contributed by atoms with van der Waals surface area (Å²) in [4.78, 5) is 13.8. The van der Waals surface area contributed by atoms with E-state index in [1.165, 1.54) is 38.4 Å². The fourth-order valence-corrected chi connectivity index (χ4v) is 12.1. The lowest BCUT2D eigenvalue weighted by atomic mass is 9.69. The molecule has 0 amide bonds. The first-order valence-electron chi connectivity index (χ1n) is 22.4. The minimum atomic E-state index is -0.718. The van der Waals surface area contributed by atoms with Gasteiger partial charge < -0.3 is 24.7 Å². The van der Waals surface area contributed by atoms with Crippen molar-refractivity contribution in [3.05, 3.63) is 145 Å². The van der Waals surface area contributed by atoms with E-state index in [9.17, 15) is 10.2 Å². The monoisotopic (exact) mass is 881 g/mol. The number of hydrogen-bond acceptors (Lipinski definition) is 10. The number of rotatable bonds is 8. The summed E-state index contributed by atoms with van der Waals surface area (Å²) in [6, 6.07) is 29.5. The number of ether oxygens (including phenoxy) is 1. The smallest absolute Gasteiger partial charge is 0.162 e. The number of phenolic OH excluding ortho intramolecular Hbond substituents is 1. The zero-order valence-electron chi connectivity index (χ0n) is 36.8. The van der Waals surface area contributed by atoms with Crippen molar-refractivity contribution in [2.24, 2.45) is 4.99 Å². The minimum Gasteiger partial charge on any atom is -0.508 e. The van der Waals surface area contributed by atoms with Crippen molar-refractivity contribution < 1.29 is 14.9 Å². The predicted molar refractivity (Wildman–Crippen MR) is 254 cm³/mol. The van der Waals surface area contributed by atoms with E-state index in [-0.39, 0.29) is 17.9 Å². The van der Waals surface area contributed by atoms with E-state index < -0.39 is 5.60 Å². The summed E-state index contributed by atoms with van der Waals surface area (Å²) < 4.78 is 7.64. The molecule has 12 heteroatoms. The second-order valence-corrected chi connectivity index (χ2v) is 19.7. The van der Waals surface area contributed by atoms with Crippen molar-refractivity contribution >= 4 is 40.0 Å². The topological polar surface area (TPSA) is 102 Å². The Kier molecular flexibility index (Phi) is 11.1. The summed E-state index contributed by atoms with van der Waals surface area (Å²) in [7, 11) is 1.70. The number of piperidine rings is 1. The fourth-order valence-electron chi connectivity index (χ4n) is 10.6. The van der Waals surface area contributed by atoms with Gasteiger partial charge in [-0.3, -0.25) is 14.5 Å². The summed E-state index contributed by atoms with van der Waals surface area (Å²) in [6.07, 6.45) is 3.32. The molecule has 1 aliphatic carbocycles. The van der Waals surface area contributed by atoms with Crippen molar-refractivity contribution in [3.63, 3.8) is 0 Å². The molecule has 0 saturated carbocycles. The number of aliphatic imine (C=N–C) groups is 1. The number of aromatic hydroxyl groups is 1. The van der Waals surface area contributed by atoms with Crippen molar-refractivity contribution in [1.82, 2.24) is 19.7 Å². The second-order valence-electron chi connectivity index (χ2n) is 18.1. The van der Waals surface area contributed by atoms with Gasteiger partial charge in [-0.15, -0.1) is 21.5 Å². The molecule has 2 aromatic heterocycles. The molecule has 10 nitrogen and oxygen atoms in total. The van der Waals surface area contributed by atoms with E-state index >= 15 is 0 Å². The Morgan fingerprint density at radius 3 is 2.24 bits per heavy atom. The van der Waals surface area contributed by atoms with Gasteiger partial charge in [-0.25, -0.2) is 0 Å². The third-order valence-electron chi connectivity index (χ3n) is 14.3. The average Bonchev–Trinajstić information content (AvgIpc) is 3.78. The molecule has 4 aromatic carbocycles. The van der Waals surface area contributed by atoms with Crippen LogP contribution in [0.1, 0.15) is 99.5 Å². The summed E-state index contributed by atoms with van der Waals surface area (Å²) in [5, 5.41) is 33.0. The van der Waals surface area contributed by atoms with Gasteiger partial charge in [0.25, 0.3) is 0 Å². The van der Waals surface area contributed by atoms with E-state index in [1.54, 1.807) is 24.5 Å². The van der Waals surface area contributed by atoms with Crippen molar-refractivity contribution in [1.29, 1.82) is 0 Å². The molecule has 6 aromatic rings. The molecule has 0 unspecified atom stereocenters. The molecule has 2 fully saturated rings. The molecule has 63 heavy (non-hydrogen) atoms. The lowest BCUT2D eigenvalue weighted by Gasteiger charge is -2.44. The maximum absolute atomic E-state index is 11.9. The molecule has 3 aliphatic heterocycles. The Morgan fingerprint density at radius 1 is 0.825 bits per heavy atom. The van der Waals surface area contributed by atoms with E-state index in [2.05, 4.69) is 111 Å². The first-order valence-corrected chi connectivity index (χ1v) is 23.6. The van der Waals surface area contributed by atoms with Crippen LogP contribution in [0, 0.1) is 20.8 Å². The molecule has 4 aliphatic rings. The maximum atomic E-state index is 11.9. The Balaban J connectivity index is 0.772. The number of thiophene rings is 1. The molecule has 10 rings (SSSR count). The van der Waals surface area contributed by atoms with Crippen LogP contribution in [-0.4, -0.2) is 94.1 Å². The quantitative estimate of drug-likeness (QED) is 0.156. The first kappa shape index (κ1) is 41.8. The third-order valence-corrected chi connectivity index (χ3v) is 15.8. The third kappa shape index (κ3) is 7.81. The minimum absolute atomic E-state index is 0.0661. The number of halogens is 1. The standard InChI is InChI=1S/C51H56ClN7O3S/c1-31-33(3)63-50-46(31)48(53-32(2)49-55-54-34(4)59(49)50)36-6-11-38(12-7-36)57-22-20-51(61,21-23-57)30-56-24-26-58(27-25-56)39-13-18-44(45(52)29-39)47-42(35-8-15-41(62-5)16-9-35)17-10-37-28-40(60)14-19-43(37)47/h6-9,11-16,18-19,28-29,32,42,47,60-61H,10,17,20-27,30H2,1-5H3/t32-,42+,47-/m0/s1. The lowest BCUT2D eigenvalue weighted by Crippen LogP contribution is -2.55. The maximum Gasteiger partial charge on any atom is 0.162 e. The van der Waals surface area contributed by atoms with Gasteiger partial charge in [0.05, 0.1) is 18.4 Å². The number of nitrogens with zero attached hydrogens (tertiary/aromatic N) is 7. The molecule has 2 saturated heterocycles. The van der Waals surface area contributed by atoms with Crippen LogP contribution < -0.4 is 14.5 Å². The van der Waals surface area contributed by atoms with E-state index in [1.807, 2.05) is 25.1 Å². The van der Waals surface area contributed by atoms with Gasteiger partial charge in [-0.1, -0.05) is 48.0 Å². The Labute approximate surface area is 379 Å². The number of phenols is 1. The SMILES string of the molecule is COc1ccc([C@H]2CCc3cc(O)ccc3[C@H]2c2ccc(N3CCN(CC4(O)CCN(c5ccc(C6=N[C@@H](C)c7nnc(C)n7-c7sc(C)c(C)c76)cc5)CC4)CC3)cc2Cl)cc1. The number of anilines is 2. The van der Waals surface area contributed by atoms with Gasteiger partial charge in [-0.05, 0) is 136 Å². The molecule has 0 bridgehead atoms. The number of aromatic nitrogens is 3. The predicted octanol–water partition coefficient (Wildman–Crippen LogP) is 9.55. The van der Waals surface area contributed by atoms with Crippen LogP contribution in [0.2, 0.25) is 5.02 Å². The highest BCUT2D eigenvalue weighted by Gasteiger charge is 2.37. The fraction of sp³-hybridized carbons (Fsp3) is 0.392. The van der Waals surface area contributed by atoms with Gasteiger partial charge in [0.15, 0.2) is 5.82 Å². The molecular formula is C51H56ClN7O3S. The highest BCUT2D eigenvalue weighted by molar-refractivity contribution is 7.15. The van der Waals surface area contributed by atoms with Crippen molar-refractivity contribution in [2.75, 3.05) is 62.7 Å². The number of aryl methyl sites for hydroxylation is 3. The highest BCUT2D eigenvalue weighted by atomic mass is 35.5. The Bertz CT molecular complexity index is 2680. The van der Waals surface area contributed by atoms with Crippen LogP contribution in [0.3, 0.4) is 0 Å². The van der Waals surface area contributed by atoms with Crippen LogP contribution in [0.4, 0.5) is 11.4 Å². The van der Waals surface area contributed by atoms with Crippen LogP contribution in [0.25, 0.3) is 5.00 Å². The Hall–Kier alpha value is -5.20. The van der Waals surface area contributed by atoms with Crippen molar-refractivity contribution in [3.8, 4) is 16.5 Å². The van der Waals surface area contributed by atoms with Gasteiger partial charge >= 0.3 is 0 Å². The number of aliphatic hydroxyl groups is 1. The molecule has 326 valence electrons. The zero-order valence-corrected chi connectivity index (χ0v) is 38.4. The molecule has 3 atom stereocenters. The van der Waals surface area contributed by atoms with Crippen LogP contribution in [0.15, 0.2) is 89.9 Å². The summed E-state index contributed by atoms with van der Waals surface area (Å²) >= 11 is 9.04. The average molecular weight is 883 g/mol. The van der Waals surface area contributed by atoms with E-state index in [0.717, 1.165) is 115 Å². The molecule has 2 N–H and O–H groups in total. The van der Waals surface area contributed by atoms with Gasteiger partial charge in [0.1, 0.15) is 28.4 Å². The van der Waals surface area contributed by atoms with Crippen LogP contribution >= 0.6 is 22.9 Å². The van der Waals surface area contributed by atoms with Gasteiger partial charge in [-0.2, -0.15) is 0 Å². The van der Waals surface area contributed by atoms with Gasteiger partial charge in [0.2, 0.25) is 0 Å². The van der Waals surface area contributed by atoms with E-state index in [4.69, 9.17) is 21.3 Å². The molecule has 0 radical (unpaired) electrons. The number of benzene rings is 4. The number of hydrogen-bond donors (Lipinski definition) is 2. The number of methoxy groups -OCH3 is 1. The Morgan fingerprint density at radius 2 is 1.52 bits per heavy atom. The number of fused-ring (bicyclic) bond motifs is 4. The lowest BCUT2D eigenvalue weighted by molar-refractivity contribution is -0.0173. The second kappa shape index (κ2) is 16.7. The number of β-amino-alcohol motifs (C(OH)–C–C–N with tert-alkyl or cyclic N) is 1. The molecule has 5 heterocycles. The number of piperazine rings is 1. The van der Waals surface area contributed by atoms with Crippen LogP contribution in [-0.2, 0) is 6.42 Å². The van der Waals surface area contributed by atoms with Crippen molar-refractivity contribution in [2.45, 2.75) is 76.9 Å². The van der Waals surface area contributed by atoms with Crippen LogP contribution in [0.5, 0.6) is 11.5 Å². The normalized spacial score (nSPS) is 21.0. The summed E-state index contributed by atoms with van der Waals surface area (Å²) in [6.45, 7) is 14.3. The molecular weight excluding hydrogens is 826 g/mol. The molecule has 0 spiro atoms. The van der Waals surface area contributed by atoms with Gasteiger partial charge in [0, 0.05) is 84.1 Å². The van der Waals surface area contributed by atoms with E-state index in [0.29, 0.717) is 12.3 Å². The summed E-state index contributed by atoms with van der Waals surface area (Å²) in [5.74, 6) is 3.23.